The number of β-amino-alcohol motifs (C(OH)–C–C–N with tert-alkyl or cyclic N) is 1. The Labute approximate surface area is 123 Å². The number of carbonyl (C=O) groups excluding carboxylic acids is 2. The van der Waals surface area contributed by atoms with Gasteiger partial charge in [0, 0.05) is 18.5 Å². The zero-order valence-corrected chi connectivity index (χ0v) is 12.3. The quantitative estimate of drug-likeness (QED) is 0.821. The Morgan fingerprint density at radius 3 is 2.80 bits per heavy atom. The molecule has 1 aromatic rings. The van der Waals surface area contributed by atoms with Crippen molar-refractivity contribution in [1.29, 1.82) is 0 Å². The van der Waals surface area contributed by atoms with Crippen LogP contribution in [0.1, 0.15) is 16.8 Å². The van der Waals surface area contributed by atoms with Crippen LogP contribution in [0.25, 0.3) is 0 Å². The average molecular weight is 346 g/mol. The minimum Gasteiger partial charge on any atom is -0.467 e. The highest BCUT2D eigenvalue weighted by Crippen LogP contribution is 2.23. The Bertz CT molecular complexity index is 551. The number of carbonyl (C=O) groups is 2. The molecule has 2 atom stereocenters. The smallest absolute Gasteiger partial charge is 0.328 e. The first-order valence-corrected chi connectivity index (χ1v) is 6.75. The second-order valence-electron chi connectivity index (χ2n) is 4.51. The van der Waals surface area contributed by atoms with Gasteiger partial charge in [0.15, 0.2) is 0 Å². The number of rotatable bonds is 2. The maximum atomic E-state index is 13.5. The molecule has 1 fully saturated rings. The first kappa shape index (κ1) is 14.9. The third-order valence-corrected chi connectivity index (χ3v) is 3.82. The van der Waals surface area contributed by atoms with Crippen LogP contribution in [-0.2, 0) is 9.53 Å². The van der Waals surface area contributed by atoms with E-state index in [1.807, 2.05) is 0 Å². The first-order valence-electron chi connectivity index (χ1n) is 5.96. The van der Waals surface area contributed by atoms with E-state index >= 15 is 0 Å². The molecule has 0 aliphatic carbocycles. The highest BCUT2D eigenvalue weighted by molar-refractivity contribution is 9.10. The highest BCUT2D eigenvalue weighted by Gasteiger charge is 2.40. The van der Waals surface area contributed by atoms with Gasteiger partial charge in [-0.25, -0.2) is 9.18 Å². The number of hydrogen-bond acceptors (Lipinski definition) is 4. The predicted octanol–water partition coefficient (Wildman–Crippen LogP) is 1.34. The molecule has 1 aromatic carbocycles. The van der Waals surface area contributed by atoms with Crippen LogP contribution in [0.4, 0.5) is 4.39 Å². The fourth-order valence-electron chi connectivity index (χ4n) is 2.19. The summed E-state index contributed by atoms with van der Waals surface area (Å²) < 4.78 is 18.3. The Balaban J connectivity index is 2.26. The fraction of sp³-hybridized carbons (Fsp3) is 0.385. The van der Waals surface area contributed by atoms with Crippen molar-refractivity contribution in [3.63, 3.8) is 0 Å². The molecule has 1 saturated heterocycles. The van der Waals surface area contributed by atoms with Gasteiger partial charge in [-0.15, -0.1) is 0 Å². The Hall–Kier alpha value is -1.47. The lowest BCUT2D eigenvalue weighted by Gasteiger charge is -2.22. The second-order valence-corrected chi connectivity index (χ2v) is 5.37. The predicted molar refractivity (Wildman–Crippen MR) is 71.6 cm³/mol. The summed E-state index contributed by atoms with van der Waals surface area (Å²) in [4.78, 5) is 25.1. The standard InChI is InChI=1S/C13H13BrFNO4/c1-20-13(19)11-5-8(17)6-16(11)12(18)7-2-3-9(14)10(15)4-7/h2-4,8,11,17H,5-6H2,1H3. The second kappa shape index (κ2) is 5.88. The minimum atomic E-state index is -0.839. The van der Waals surface area contributed by atoms with Crippen LogP contribution >= 0.6 is 15.9 Å². The van der Waals surface area contributed by atoms with Crippen molar-refractivity contribution in [2.45, 2.75) is 18.6 Å². The van der Waals surface area contributed by atoms with Crippen molar-refractivity contribution in [3.05, 3.63) is 34.1 Å². The molecule has 2 rings (SSSR count). The maximum absolute atomic E-state index is 13.5. The van der Waals surface area contributed by atoms with E-state index in [-0.39, 0.29) is 23.0 Å². The van der Waals surface area contributed by atoms with E-state index in [2.05, 4.69) is 20.7 Å². The van der Waals surface area contributed by atoms with Gasteiger partial charge in [0.05, 0.1) is 17.7 Å². The van der Waals surface area contributed by atoms with Gasteiger partial charge in [-0.05, 0) is 34.1 Å². The largest absolute Gasteiger partial charge is 0.467 e. The molecular weight excluding hydrogens is 333 g/mol. The summed E-state index contributed by atoms with van der Waals surface area (Å²) in [5.41, 5.74) is 0.119. The molecule has 1 amide bonds. The molecule has 5 nitrogen and oxygen atoms in total. The number of methoxy groups -OCH3 is 1. The van der Waals surface area contributed by atoms with E-state index in [0.717, 1.165) is 6.07 Å². The van der Waals surface area contributed by atoms with Gasteiger partial charge in [-0.1, -0.05) is 0 Å². The van der Waals surface area contributed by atoms with Gasteiger partial charge in [-0.3, -0.25) is 4.79 Å². The third-order valence-electron chi connectivity index (χ3n) is 3.18. The number of aliphatic hydroxyl groups excluding tert-OH is 1. The molecule has 7 heteroatoms. The number of halogens is 2. The SMILES string of the molecule is COC(=O)C1CC(O)CN1C(=O)c1ccc(Br)c(F)c1. The summed E-state index contributed by atoms with van der Waals surface area (Å²) in [6.07, 6.45) is -0.666. The summed E-state index contributed by atoms with van der Waals surface area (Å²) in [7, 11) is 1.22. The van der Waals surface area contributed by atoms with E-state index in [9.17, 15) is 19.1 Å². The van der Waals surface area contributed by atoms with Crippen molar-refractivity contribution in [1.82, 2.24) is 4.90 Å². The summed E-state index contributed by atoms with van der Waals surface area (Å²) in [6, 6.07) is 3.12. The van der Waals surface area contributed by atoms with Gasteiger partial charge in [-0.2, -0.15) is 0 Å². The molecule has 1 aliphatic rings. The normalized spacial score (nSPS) is 21.9. The number of amides is 1. The van der Waals surface area contributed by atoms with Gasteiger partial charge in [0.25, 0.3) is 5.91 Å². The fourth-order valence-corrected chi connectivity index (χ4v) is 2.44. The molecule has 1 aliphatic heterocycles. The molecule has 0 bridgehead atoms. The number of hydrogen-bond donors (Lipinski definition) is 1. The maximum Gasteiger partial charge on any atom is 0.328 e. The lowest BCUT2D eigenvalue weighted by molar-refractivity contribution is -0.145. The van der Waals surface area contributed by atoms with E-state index < -0.39 is 29.8 Å². The number of benzene rings is 1. The van der Waals surface area contributed by atoms with Crippen LogP contribution in [0.15, 0.2) is 22.7 Å². The van der Waals surface area contributed by atoms with Crippen LogP contribution in [0.3, 0.4) is 0 Å². The van der Waals surface area contributed by atoms with Crippen LogP contribution in [0, 0.1) is 5.82 Å². The minimum absolute atomic E-state index is 0.0241. The summed E-state index contributed by atoms with van der Waals surface area (Å²) in [5, 5.41) is 9.63. The number of nitrogens with zero attached hydrogens (tertiary/aromatic N) is 1. The van der Waals surface area contributed by atoms with Crippen molar-refractivity contribution in [2.75, 3.05) is 13.7 Å². The van der Waals surface area contributed by atoms with Crippen molar-refractivity contribution >= 4 is 27.8 Å². The average Bonchev–Trinajstić information content (AvgIpc) is 2.82. The van der Waals surface area contributed by atoms with Gasteiger partial charge < -0.3 is 14.7 Å². The lowest BCUT2D eigenvalue weighted by Crippen LogP contribution is -2.41. The molecule has 2 unspecified atom stereocenters. The summed E-state index contributed by atoms with van der Waals surface area (Å²) in [5.74, 6) is -1.67. The molecule has 20 heavy (non-hydrogen) atoms. The van der Waals surface area contributed by atoms with Crippen molar-refractivity contribution in [3.8, 4) is 0 Å². The van der Waals surface area contributed by atoms with Crippen LogP contribution in [0.2, 0.25) is 0 Å². The summed E-state index contributed by atoms with van der Waals surface area (Å²) >= 11 is 3.00. The van der Waals surface area contributed by atoms with Gasteiger partial charge in [0.2, 0.25) is 0 Å². The number of likely N-dealkylation sites (tertiary alicyclic amines) is 1. The van der Waals surface area contributed by atoms with Gasteiger partial charge in [0.1, 0.15) is 11.9 Å². The number of aliphatic hydroxyl groups is 1. The molecular formula is C13H13BrFNO4. The number of esters is 1. The molecule has 0 spiro atoms. The lowest BCUT2D eigenvalue weighted by atomic mass is 10.1. The number of ether oxygens (including phenoxy) is 1. The Morgan fingerprint density at radius 1 is 1.50 bits per heavy atom. The van der Waals surface area contributed by atoms with Crippen molar-refractivity contribution in [2.24, 2.45) is 0 Å². The Kier molecular flexibility index (Phi) is 4.39. The van der Waals surface area contributed by atoms with Crippen molar-refractivity contribution < 1.29 is 23.8 Å². The molecule has 1 heterocycles. The Morgan fingerprint density at radius 2 is 2.20 bits per heavy atom. The van der Waals surface area contributed by atoms with Crippen LogP contribution < -0.4 is 0 Å². The highest BCUT2D eigenvalue weighted by atomic mass is 79.9. The van der Waals surface area contributed by atoms with E-state index in [4.69, 9.17) is 0 Å². The van der Waals surface area contributed by atoms with E-state index in [1.165, 1.54) is 24.1 Å². The van der Waals surface area contributed by atoms with Crippen LogP contribution in [0.5, 0.6) is 0 Å². The third kappa shape index (κ3) is 2.83. The van der Waals surface area contributed by atoms with E-state index in [0.29, 0.717) is 0 Å². The summed E-state index contributed by atoms with van der Waals surface area (Å²) in [6.45, 7) is 0.0241. The molecule has 1 N–H and O–H groups in total. The van der Waals surface area contributed by atoms with E-state index in [1.54, 1.807) is 0 Å². The monoisotopic (exact) mass is 345 g/mol. The first-order chi connectivity index (χ1) is 9.43. The zero-order valence-electron chi connectivity index (χ0n) is 10.7. The zero-order chi connectivity index (χ0) is 14.9. The topological polar surface area (TPSA) is 66.8 Å². The molecule has 0 radical (unpaired) electrons. The van der Waals surface area contributed by atoms with Crippen LogP contribution in [-0.4, -0.2) is 47.7 Å². The molecule has 0 saturated carbocycles. The molecule has 0 aromatic heterocycles. The van der Waals surface area contributed by atoms with Gasteiger partial charge >= 0.3 is 5.97 Å². The molecule has 108 valence electrons.